The molecule has 0 spiro atoms. The molecule has 0 bridgehead atoms. The summed E-state index contributed by atoms with van der Waals surface area (Å²) in [5.74, 6) is 0.655. The molecule has 1 aliphatic carbocycles. The lowest BCUT2D eigenvalue weighted by Crippen LogP contribution is -2.43. The minimum absolute atomic E-state index is 0.223. The van der Waals surface area contributed by atoms with Gasteiger partial charge in [0.2, 0.25) is 0 Å². The van der Waals surface area contributed by atoms with Crippen LogP contribution in [0.3, 0.4) is 0 Å². The van der Waals surface area contributed by atoms with Crippen molar-refractivity contribution in [3.05, 3.63) is 23.3 Å². The Morgan fingerprint density at radius 2 is 1.71 bits per heavy atom. The predicted octanol–water partition coefficient (Wildman–Crippen LogP) is 1.97. The quantitative estimate of drug-likeness (QED) is 0.793. The number of carbonyl (C=O) groups excluding carboxylic acids is 1. The average Bonchev–Trinajstić information content (AvgIpc) is 3.25. The number of fused-ring (bicyclic) bond motifs is 1. The van der Waals surface area contributed by atoms with Crippen molar-refractivity contribution >= 4 is 6.03 Å². The normalized spacial score (nSPS) is 22.1. The third-order valence-electron chi connectivity index (χ3n) is 4.93. The maximum absolute atomic E-state index is 12.6. The van der Waals surface area contributed by atoms with Gasteiger partial charge in [0.1, 0.15) is 6.33 Å². The first-order chi connectivity index (χ1) is 10.3. The lowest BCUT2D eigenvalue weighted by molar-refractivity contribution is 0.164. The fraction of sp³-hybridized carbons (Fsp3) is 0.688. The number of likely N-dealkylation sites (tertiary alicyclic amines) is 1. The van der Waals surface area contributed by atoms with Gasteiger partial charge in [-0.05, 0) is 37.7 Å². The van der Waals surface area contributed by atoms with Crippen LogP contribution in [0, 0.1) is 0 Å². The van der Waals surface area contributed by atoms with E-state index in [0.717, 1.165) is 51.9 Å². The SMILES string of the molecule is O=C(N1CCCC1)N1CCc2ncnc(C3CC3)c2CC1. The number of amides is 2. The summed E-state index contributed by atoms with van der Waals surface area (Å²) in [6.07, 6.45) is 8.33. The van der Waals surface area contributed by atoms with E-state index < -0.39 is 0 Å². The number of carbonyl (C=O) groups is 1. The molecule has 1 aromatic heterocycles. The molecular weight excluding hydrogens is 264 g/mol. The van der Waals surface area contributed by atoms with E-state index in [1.165, 1.54) is 29.8 Å². The highest BCUT2D eigenvalue weighted by atomic mass is 16.2. The number of rotatable bonds is 1. The molecule has 4 rings (SSSR count). The standard InChI is InChI=1S/C16H22N4O/c21-16(19-7-1-2-8-19)20-9-5-13-14(6-10-20)17-11-18-15(13)12-3-4-12/h11-12H,1-10H2. The smallest absolute Gasteiger partial charge is 0.320 e. The summed E-state index contributed by atoms with van der Waals surface area (Å²) in [6.45, 7) is 3.46. The van der Waals surface area contributed by atoms with Crippen molar-refractivity contribution < 1.29 is 4.79 Å². The maximum atomic E-state index is 12.6. The molecule has 1 aromatic rings. The fourth-order valence-electron chi connectivity index (χ4n) is 3.56. The first kappa shape index (κ1) is 13.0. The monoisotopic (exact) mass is 286 g/mol. The van der Waals surface area contributed by atoms with Gasteiger partial charge in [0.25, 0.3) is 0 Å². The van der Waals surface area contributed by atoms with Crippen LogP contribution in [0.2, 0.25) is 0 Å². The van der Waals surface area contributed by atoms with Gasteiger partial charge in [-0.3, -0.25) is 0 Å². The largest absolute Gasteiger partial charge is 0.325 e. The van der Waals surface area contributed by atoms with Crippen molar-refractivity contribution in [2.24, 2.45) is 0 Å². The number of hydrogen-bond acceptors (Lipinski definition) is 3. The summed E-state index contributed by atoms with van der Waals surface area (Å²) < 4.78 is 0. The Kier molecular flexibility index (Phi) is 3.28. The molecule has 1 saturated carbocycles. The van der Waals surface area contributed by atoms with Crippen molar-refractivity contribution in [1.82, 2.24) is 19.8 Å². The summed E-state index contributed by atoms with van der Waals surface area (Å²) in [7, 11) is 0. The van der Waals surface area contributed by atoms with Gasteiger partial charge in [-0.2, -0.15) is 0 Å². The van der Waals surface area contributed by atoms with Gasteiger partial charge in [0.05, 0.1) is 5.69 Å². The summed E-state index contributed by atoms with van der Waals surface area (Å²) in [5.41, 5.74) is 3.76. The molecule has 0 atom stereocenters. The van der Waals surface area contributed by atoms with Crippen LogP contribution in [0.1, 0.15) is 48.6 Å². The molecular formula is C16H22N4O. The van der Waals surface area contributed by atoms with Crippen LogP contribution in [0.15, 0.2) is 6.33 Å². The number of nitrogens with zero attached hydrogens (tertiary/aromatic N) is 4. The van der Waals surface area contributed by atoms with E-state index in [1.54, 1.807) is 6.33 Å². The molecule has 0 unspecified atom stereocenters. The first-order valence-corrected chi connectivity index (χ1v) is 8.19. The van der Waals surface area contributed by atoms with Crippen molar-refractivity contribution in [3.63, 3.8) is 0 Å². The van der Waals surface area contributed by atoms with Gasteiger partial charge in [-0.1, -0.05) is 0 Å². The third kappa shape index (κ3) is 2.49. The molecule has 0 aromatic carbocycles. The molecule has 3 aliphatic rings. The molecule has 5 nitrogen and oxygen atoms in total. The number of aromatic nitrogens is 2. The van der Waals surface area contributed by atoms with Gasteiger partial charge in [0, 0.05) is 44.2 Å². The Hall–Kier alpha value is -1.65. The van der Waals surface area contributed by atoms with Crippen LogP contribution in [0.25, 0.3) is 0 Å². The van der Waals surface area contributed by atoms with Crippen molar-refractivity contribution in [1.29, 1.82) is 0 Å². The number of urea groups is 1. The van der Waals surface area contributed by atoms with Crippen molar-refractivity contribution in [2.45, 2.75) is 44.4 Å². The summed E-state index contributed by atoms with van der Waals surface area (Å²) in [5, 5.41) is 0. The van der Waals surface area contributed by atoms with Gasteiger partial charge < -0.3 is 9.80 Å². The summed E-state index contributed by atoms with van der Waals surface area (Å²) in [4.78, 5) is 25.6. The van der Waals surface area contributed by atoms with Crippen LogP contribution in [0.4, 0.5) is 4.79 Å². The zero-order valence-electron chi connectivity index (χ0n) is 12.4. The molecule has 2 amide bonds. The van der Waals surface area contributed by atoms with E-state index in [0.29, 0.717) is 5.92 Å². The Morgan fingerprint density at radius 3 is 2.48 bits per heavy atom. The van der Waals surface area contributed by atoms with Crippen molar-refractivity contribution in [2.75, 3.05) is 26.2 Å². The average molecular weight is 286 g/mol. The van der Waals surface area contributed by atoms with E-state index in [4.69, 9.17) is 0 Å². The van der Waals surface area contributed by atoms with Crippen LogP contribution in [-0.2, 0) is 12.8 Å². The van der Waals surface area contributed by atoms with E-state index in [-0.39, 0.29) is 6.03 Å². The summed E-state index contributed by atoms with van der Waals surface area (Å²) in [6, 6.07) is 0.223. The highest BCUT2D eigenvalue weighted by Gasteiger charge is 2.31. The van der Waals surface area contributed by atoms with Crippen molar-refractivity contribution in [3.8, 4) is 0 Å². The van der Waals surface area contributed by atoms with Crippen LogP contribution in [0.5, 0.6) is 0 Å². The number of hydrogen-bond donors (Lipinski definition) is 0. The fourth-order valence-corrected chi connectivity index (χ4v) is 3.56. The molecule has 0 radical (unpaired) electrons. The van der Waals surface area contributed by atoms with Gasteiger partial charge >= 0.3 is 6.03 Å². The second-order valence-electron chi connectivity index (χ2n) is 6.42. The van der Waals surface area contributed by atoms with Crippen LogP contribution in [-0.4, -0.2) is 52.0 Å². The molecule has 0 N–H and O–H groups in total. The first-order valence-electron chi connectivity index (χ1n) is 8.19. The third-order valence-corrected chi connectivity index (χ3v) is 4.93. The molecule has 21 heavy (non-hydrogen) atoms. The molecule has 112 valence electrons. The lowest BCUT2D eigenvalue weighted by Gasteiger charge is -2.26. The molecule has 3 heterocycles. The second kappa shape index (κ2) is 5.28. The minimum Gasteiger partial charge on any atom is -0.325 e. The van der Waals surface area contributed by atoms with Gasteiger partial charge in [-0.25, -0.2) is 14.8 Å². The highest BCUT2D eigenvalue weighted by Crippen LogP contribution is 2.41. The van der Waals surface area contributed by atoms with E-state index in [1.807, 2.05) is 9.80 Å². The van der Waals surface area contributed by atoms with E-state index in [2.05, 4.69) is 9.97 Å². The Bertz CT molecular complexity index is 549. The topological polar surface area (TPSA) is 49.3 Å². The predicted molar refractivity (Wildman–Crippen MR) is 79.2 cm³/mol. The Balaban J connectivity index is 1.51. The van der Waals surface area contributed by atoms with E-state index in [9.17, 15) is 4.79 Å². The Labute approximate surface area is 125 Å². The molecule has 5 heteroatoms. The van der Waals surface area contributed by atoms with Crippen LogP contribution >= 0.6 is 0 Å². The van der Waals surface area contributed by atoms with E-state index >= 15 is 0 Å². The van der Waals surface area contributed by atoms with Gasteiger partial charge in [-0.15, -0.1) is 0 Å². The molecule has 2 aliphatic heterocycles. The lowest BCUT2D eigenvalue weighted by atomic mass is 10.0. The zero-order chi connectivity index (χ0) is 14.2. The van der Waals surface area contributed by atoms with Gasteiger partial charge in [0.15, 0.2) is 0 Å². The highest BCUT2D eigenvalue weighted by molar-refractivity contribution is 5.74. The Morgan fingerprint density at radius 1 is 1.00 bits per heavy atom. The zero-order valence-corrected chi connectivity index (χ0v) is 12.4. The minimum atomic E-state index is 0.223. The molecule has 2 fully saturated rings. The van der Waals surface area contributed by atoms with Crippen LogP contribution < -0.4 is 0 Å². The molecule has 1 saturated heterocycles. The second-order valence-corrected chi connectivity index (χ2v) is 6.42. The maximum Gasteiger partial charge on any atom is 0.320 e. The summed E-state index contributed by atoms with van der Waals surface area (Å²) >= 11 is 0.